The highest BCUT2D eigenvalue weighted by Gasteiger charge is 2.16. The summed E-state index contributed by atoms with van der Waals surface area (Å²) in [5.41, 5.74) is 1.79. The molecule has 0 aliphatic rings. The van der Waals surface area contributed by atoms with Gasteiger partial charge in [-0.2, -0.15) is 0 Å². The van der Waals surface area contributed by atoms with Crippen molar-refractivity contribution in [2.75, 3.05) is 20.8 Å². The van der Waals surface area contributed by atoms with Gasteiger partial charge in [-0.3, -0.25) is 4.79 Å². The fraction of sp³-hybridized carbons (Fsp3) is 0.273. The van der Waals surface area contributed by atoms with Crippen LogP contribution in [0.2, 0.25) is 0 Å². The van der Waals surface area contributed by atoms with E-state index >= 15 is 0 Å². The normalized spacial score (nSPS) is 11.7. The van der Waals surface area contributed by atoms with Crippen LogP contribution in [0.25, 0.3) is 6.08 Å². The number of hydrogen-bond acceptors (Lipinski definition) is 5. The van der Waals surface area contributed by atoms with E-state index in [4.69, 9.17) is 14.2 Å². The SMILES string of the molecule is COc1ccc(OC)c(/C=C/C(=O)OC(C)C(=O)NCCc2ccccc2)c1. The minimum Gasteiger partial charge on any atom is -0.497 e. The molecule has 2 rings (SSSR count). The molecule has 0 saturated carbocycles. The van der Waals surface area contributed by atoms with Crippen molar-refractivity contribution >= 4 is 18.0 Å². The van der Waals surface area contributed by atoms with E-state index in [9.17, 15) is 9.59 Å². The van der Waals surface area contributed by atoms with E-state index in [1.165, 1.54) is 13.0 Å². The first-order valence-corrected chi connectivity index (χ1v) is 8.96. The van der Waals surface area contributed by atoms with Crippen LogP contribution in [0.4, 0.5) is 0 Å². The van der Waals surface area contributed by atoms with Crippen molar-refractivity contribution in [3.05, 3.63) is 65.7 Å². The maximum Gasteiger partial charge on any atom is 0.331 e. The Morgan fingerprint density at radius 3 is 2.50 bits per heavy atom. The van der Waals surface area contributed by atoms with E-state index in [0.717, 1.165) is 5.56 Å². The Bertz CT molecular complexity index is 817. The predicted molar refractivity (Wildman–Crippen MR) is 107 cm³/mol. The maximum absolute atomic E-state index is 12.1. The number of ether oxygens (including phenoxy) is 3. The van der Waals surface area contributed by atoms with Crippen LogP contribution in [0.1, 0.15) is 18.1 Å². The predicted octanol–water partition coefficient (Wildman–Crippen LogP) is 3.01. The molecule has 148 valence electrons. The molecule has 1 atom stereocenters. The van der Waals surface area contributed by atoms with Gasteiger partial charge in [-0.1, -0.05) is 30.3 Å². The lowest BCUT2D eigenvalue weighted by atomic mass is 10.1. The average molecular weight is 383 g/mol. The molecule has 0 fully saturated rings. The smallest absolute Gasteiger partial charge is 0.331 e. The molecule has 0 bridgehead atoms. The third-order valence-corrected chi connectivity index (χ3v) is 4.05. The summed E-state index contributed by atoms with van der Waals surface area (Å²) >= 11 is 0. The second kappa shape index (κ2) is 10.8. The summed E-state index contributed by atoms with van der Waals surface area (Å²) in [4.78, 5) is 24.1. The molecule has 1 amide bonds. The number of carbonyl (C=O) groups is 2. The molecule has 6 nitrogen and oxygen atoms in total. The Labute approximate surface area is 165 Å². The summed E-state index contributed by atoms with van der Waals surface area (Å²) in [5, 5.41) is 2.77. The highest BCUT2D eigenvalue weighted by Crippen LogP contribution is 2.25. The molecule has 1 unspecified atom stereocenters. The van der Waals surface area contributed by atoms with Gasteiger partial charge in [0.2, 0.25) is 0 Å². The minimum absolute atomic E-state index is 0.336. The van der Waals surface area contributed by atoms with E-state index in [-0.39, 0.29) is 5.91 Å². The average Bonchev–Trinajstić information content (AvgIpc) is 2.72. The first-order valence-electron chi connectivity index (χ1n) is 8.96. The summed E-state index contributed by atoms with van der Waals surface area (Å²) in [6.07, 6.45) is 2.64. The van der Waals surface area contributed by atoms with Crippen LogP contribution >= 0.6 is 0 Å². The van der Waals surface area contributed by atoms with Crippen LogP contribution in [-0.4, -0.2) is 38.7 Å². The molecule has 28 heavy (non-hydrogen) atoms. The van der Waals surface area contributed by atoms with Gasteiger partial charge in [0.15, 0.2) is 6.10 Å². The van der Waals surface area contributed by atoms with Crippen LogP contribution in [0.3, 0.4) is 0 Å². The summed E-state index contributed by atoms with van der Waals surface area (Å²) in [7, 11) is 3.10. The zero-order valence-electron chi connectivity index (χ0n) is 16.3. The van der Waals surface area contributed by atoms with Gasteiger partial charge in [-0.05, 0) is 43.2 Å². The third kappa shape index (κ3) is 6.46. The third-order valence-electron chi connectivity index (χ3n) is 4.05. The lowest BCUT2D eigenvalue weighted by Crippen LogP contribution is -2.36. The molecule has 6 heteroatoms. The van der Waals surface area contributed by atoms with Gasteiger partial charge in [-0.15, -0.1) is 0 Å². The number of nitrogens with one attached hydrogen (secondary N) is 1. The highest BCUT2D eigenvalue weighted by atomic mass is 16.5. The minimum atomic E-state index is -0.889. The first kappa shape index (κ1) is 21.0. The van der Waals surface area contributed by atoms with Crippen molar-refractivity contribution in [2.24, 2.45) is 0 Å². The summed E-state index contributed by atoms with van der Waals surface area (Å²) in [6.45, 7) is 2.01. The van der Waals surface area contributed by atoms with E-state index in [2.05, 4.69) is 5.32 Å². The Morgan fingerprint density at radius 2 is 1.82 bits per heavy atom. The van der Waals surface area contributed by atoms with E-state index in [1.54, 1.807) is 38.5 Å². The molecule has 2 aromatic rings. The van der Waals surface area contributed by atoms with Crippen molar-refractivity contribution in [1.29, 1.82) is 0 Å². The Kier molecular flexibility index (Phi) is 8.09. The molecule has 0 saturated heterocycles. The molecule has 0 aromatic heterocycles. The van der Waals surface area contributed by atoms with Crippen molar-refractivity contribution in [3.8, 4) is 11.5 Å². The van der Waals surface area contributed by atoms with Gasteiger partial charge < -0.3 is 19.5 Å². The largest absolute Gasteiger partial charge is 0.497 e. The lowest BCUT2D eigenvalue weighted by Gasteiger charge is -2.12. The second-order valence-electron chi connectivity index (χ2n) is 6.05. The molecular weight excluding hydrogens is 358 g/mol. The molecule has 0 aliphatic heterocycles. The topological polar surface area (TPSA) is 73.9 Å². The molecule has 0 spiro atoms. The number of carbonyl (C=O) groups excluding carboxylic acids is 2. The summed E-state index contributed by atoms with van der Waals surface area (Å²) in [6, 6.07) is 15.1. The number of benzene rings is 2. The highest BCUT2D eigenvalue weighted by molar-refractivity contribution is 5.90. The van der Waals surface area contributed by atoms with Gasteiger partial charge >= 0.3 is 5.97 Å². The number of methoxy groups -OCH3 is 2. The molecule has 0 aliphatic carbocycles. The van der Waals surface area contributed by atoms with Gasteiger partial charge in [-0.25, -0.2) is 4.79 Å². The van der Waals surface area contributed by atoms with Crippen LogP contribution in [0.5, 0.6) is 11.5 Å². The molecule has 0 radical (unpaired) electrons. The monoisotopic (exact) mass is 383 g/mol. The van der Waals surface area contributed by atoms with Crippen molar-refractivity contribution in [2.45, 2.75) is 19.4 Å². The molecule has 0 heterocycles. The Morgan fingerprint density at radius 1 is 1.07 bits per heavy atom. The van der Waals surface area contributed by atoms with Gasteiger partial charge in [0.25, 0.3) is 5.91 Å². The van der Waals surface area contributed by atoms with Gasteiger partial charge in [0, 0.05) is 18.2 Å². The molecular formula is C22H25NO5. The first-order chi connectivity index (χ1) is 13.5. The zero-order chi connectivity index (χ0) is 20.4. The fourth-order valence-electron chi connectivity index (χ4n) is 2.51. The zero-order valence-corrected chi connectivity index (χ0v) is 16.3. The Hall–Kier alpha value is -3.28. The van der Waals surface area contributed by atoms with Crippen LogP contribution in [-0.2, 0) is 20.7 Å². The second-order valence-corrected chi connectivity index (χ2v) is 6.05. The maximum atomic E-state index is 12.1. The van der Waals surface area contributed by atoms with Gasteiger partial charge in [0.05, 0.1) is 14.2 Å². The Balaban J connectivity index is 1.84. The van der Waals surface area contributed by atoms with Crippen LogP contribution in [0.15, 0.2) is 54.6 Å². The molecule has 1 N–H and O–H groups in total. The van der Waals surface area contributed by atoms with Gasteiger partial charge in [0.1, 0.15) is 11.5 Å². The van der Waals surface area contributed by atoms with E-state index < -0.39 is 12.1 Å². The van der Waals surface area contributed by atoms with Crippen molar-refractivity contribution < 1.29 is 23.8 Å². The van der Waals surface area contributed by atoms with Crippen LogP contribution in [0, 0.1) is 0 Å². The summed E-state index contributed by atoms with van der Waals surface area (Å²) < 4.78 is 15.6. The standard InChI is InChI=1S/C22H25NO5/c1-16(22(25)23-14-13-17-7-5-4-6-8-17)28-21(24)12-9-18-15-19(26-2)10-11-20(18)27-3/h4-12,15-16H,13-14H2,1-3H3,(H,23,25)/b12-9+. The van der Waals surface area contributed by atoms with E-state index in [0.29, 0.717) is 30.0 Å². The quantitative estimate of drug-likeness (QED) is 0.532. The fourth-order valence-corrected chi connectivity index (χ4v) is 2.51. The van der Waals surface area contributed by atoms with E-state index in [1.807, 2.05) is 30.3 Å². The number of hydrogen-bond donors (Lipinski definition) is 1. The molecule has 2 aromatic carbocycles. The lowest BCUT2D eigenvalue weighted by molar-refractivity contribution is -0.150. The van der Waals surface area contributed by atoms with Crippen molar-refractivity contribution in [1.82, 2.24) is 5.32 Å². The number of esters is 1. The van der Waals surface area contributed by atoms with Crippen LogP contribution < -0.4 is 14.8 Å². The summed E-state index contributed by atoms with van der Waals surface area (Å²) in [5.74, 6) is 0.281. The van der Waals surface area contributed by atoms with Crippen molar-refractivity contribution in [3.63, 3.8) is 0 Å². The number of amides is 1. The number of rotatable bonds is 9.